The van der Waals surface area contributed by atoms with Gasteiger partial charge in [-0.3, -0.25) is 18.7 Å². The van der Waals surface area contributed by atoms with Gasteiger partial charge in [-0.15, -0.1) is 0 Å². The molecule has 0 spiro atoms. The molecule has 2 aromatic rings. The van der Waals surface area contributed by atoms with Crippen LogP contribution in [-0.4, -0.2) is 14.9 Å². The zero-order valence-electron chi connectivity index (χ0n) is 16.2. The van der Waals surface area contributed by atoms with E-state index in [4.69, 9.17) is 11.6 Å². The lowest BCUT2D eigenvalue weighted by Crippen LogP contribution is -2.47. The first-order valence-electron chi connectivity index (χ1n) is 9.18. The molecule has 0 unspecified atom stereocenters. The number of allylic oxidation sites excluding steroid dienone is 2. The number of anilines is 1. The summed E-state index contributed by atoms with van der Waals surface area (Å²) in [4.78, 5) is 38.7. The maximum Gasteiger partial charge on any atom is 0.332 e. The predicted molar refractivity (Wildman–Crippen MR) is 109 cm³/mol. The lowest BCUT2D eigenvalue weighted by Gasteiger charge is -2.41. The Morgan fingerprint density at radius 1 is 1.04 bits per heavy atom. The third kappa shape index (κ3) is 2.75. The van der Waals surface area contributed by atoms with Gasteiger partial charge in [0.25, 0.3) is 5.56 Å². The fourth-order valence-electron chi connectivity index (χ4n) is 4.41. The number of carbonyl (C=O) groups is 1. The van der Waals surface area contributed by atoms with Gasteiger partial charge < -0.3 is 5.32 Å². The number of fused-ring (bicyclic) bond motifs is 2. The number of hydrogen-bond acceptors (Lipinski definition) is 4. The molecule has 1 aromatic carbocycles. The fourth-order valence-corrected chi connectivity index (χ4v) is 4.53. The van der Waals surface area contributed by atoms with Crippen molar-refractivity contribution in [2.24, 2.45) is 25.4 Å². The summed E-state index contributed by atoms with van der Waals surface area (Å²) in [6.45, 7) is 4.01. The Morgan fingerprint density at radius 3 is 2.32 bits per heavy atom. The molecule has 2 heterocycles. The number of halogens is 1. The summed E-state index contributed by atoms with van der Waals surface area (Å²) < 4.78 is 2.53. The van der Waals surface area contributed by atoms with Gasteiger partial charge in [0.2, 0.25) is 0 Å². The van der Waals surface area contributed by atoms with Gasteiger partial charge in [0.1, 0.15) is 11.6 Å². The quantitative estimate of drug-likeness (QED) is 0.800. The summed E-state index contributed by atoms with van der Waals surface area (Å²) in [5.74, 6) is -0.446. The van der Waals surface area contributed by atoms with E-state index >= 15 is 0 Å². The van der Waals surface area contributed by atoms with Crippen molar-refractivity contribution in [1.29, 1.82) is 0 Å². The van der Waals surface area contributed by atoms with Gasteiger partial charge in [-0.1, -0.05) is 43.7 Å². The number of Topliss-reactive ketones (excluding diaryl/α,β-unsaturated/α-hetero) is 1. The first-order valence-corrected chi connectivity index (χ1v) is 9.56. The molecule has 1 aliphatic carbocycles. The van der Waals surface area contributed by atoms with E-state index in [1.54, 1.807) is 19.2 Å². The van der Waals surface area contributed by atoms with Crippen LogP contribution in [0.5, 0.6) is 0 Å². The van der Waals surface area contributed by atoms with Crippen LogP contribution in [0.25, 0.3) is 0 Å². The molecule has 0 fully saturated rings. The number of hydrogen-bond donors (Lipinski definition) is 1. The number of ketones is 1. The lowest BCUT2D eigenvalue weighted by molar-refractivity contribution is -0.124. The molecule has 0 bridgehead atoms. The van der Waals surface area contributed by atoms with Crippen LogP contribution in [-0.2, 0) is 18.9 Å². The molecule has 0 radical (unpaired) electrons. The molecular formula is C21H22ClN3O3. The van der Waals surface area contributed by atoms with Crippen LogP contribution in [0, 0.1) is 11.3 Å². The standard InChI is InChI=1S/C21H22ClN3O3/c1-21(2)9-13-16(14(26)10-21)15(11-5-7-12(22)8-6-11)17-18(23-13)24(3)20(28)25(4)19(17)27/h5-9,15-16,23H,10H2,1-4H3/t15-,16-/m1/s1. The van der Waals surface area contributed by atoms with Gasteiger partial charge in [-0.2, -0.15) is 0 Å². The van der Waals surface area contributed by atoms with Crippen LogP contribution in [0.4, 0.5) is 5.82 Å². The zero-order chi connectivity index (χ0) is 20.4. The third-order valence-electron chi connectivity index (χ3n) is 5.69. The number of carbonyl (C=O) groups excluding carboxylic acids is 1. The minimum atomic E-state index is -0.494. The summed E-state index contributed by atoms with van der Waals surface area (Å²) >= 11 is 6.05. The molecule has 0 saturated heterocycles. The van der Waals surface area contributed by atoms with Crippen LogP contribution in [0.2, 0.25) is 5.02 Å². The zero-order valence-corrected chi connectivity index (χ0v) is 17.0. The van der Waals surface area contributed by atoms with Crippen molar-refractivity contribution in [2.45, 2.75) is 26.2 Å². The highest BCUT2D eigenvalue weighted by Crippen LogP contribution is 2.47. The normalized spacial score (nSPS) is 22.8. The number of benzene rings is 1. The first-order chi connectivity index (χ1) is 13.1. The lowest BCUT2D eigenvalue weighted by atomic mass is 9.67. The van der Waals surface area contributed by atoms with E-state index in [-0.39, 0.29) is 16.8 Å². The maximum atomic E-state index is 13.2. The number of rotatable bonds is 1. The molecule has 2 aliphatic rings. The van der Waals surface area contributed by atoms with Crippen molar-refractivity contribution in [1.82, 2.24) is 9.13 Å². The van der Waals surface area contributed by atoms with Gasteiger partial charge >= 0.3 is 5.69 Å². The van der Waals surface area contributed by atoms with Gasteiger partial charge in [-0.05, 0) is 23.1 Å². The molecular weight excluding hydrogens is 378 g/mol. The Balaban J connectivity index is 2.07. The summed E-state index contributed by atoms with van der Waals surface area (Å²) in [5, 5.41) is 3.82. The Kier molecular flexibility index (Phi) is 4.16. The predicted octanol–water partition coefficient (Wildman–Crippen LogP) is 2.79. The Bertz CT molecular complexity index is 1140. The van der Waals surface area contributed by atoms with Crippen LogP contribution in [0.15, 0.2) is 45.6 Å². The second-order valence-electron chi connectivity index (χ2n) is 8.33. The highest BCUT2D eigenvalue weighted by atomic mass is 35.5. The molecule has 2 atom stereocenters. The maximum absolute atomic E-state index is 13.2. The number of nitrogens with zero attached hydrogens (tertiary/aromatic N) is 2. The van der Waals surface area contributed by atoms with Gasteiger partial charge in [0, 0.05) is 37.2 Å². The molecule has 1 aliphatic heterocycles. The Labute approximate surface area is 167 Å². The van der Waals surface area contributed by atoms with E-state index in [1.807, 2.05) is 32.1 Å². The molecule has 1 N–H and O–H groups in total. The minimum absolute atomic E-state index is 0.0801. The van der Waals surface area contributed by atoms with Crippen molar-refractivity contribution < 1.29 is 4.79 Å². The smallest absolute Gasteiger partial charge is 0.332 e. The van der Waals surface area contributed by atoms with Crippen molar-refractivity contribution in [3.63, 3.8) is 0 Å². The van der Waals surface area contributed by atoms with E-state index in [0.29, 0.717) is 22.8 Å². The van der Waals surface area contributed by atoms with Gasteiger partial charge in [0.15, 0.2) is 0 Å². The van der Waals surface area contributed by atoms with E-state index in [2.05, 4.69) is 5.32 Å². The fraction of sp³-hybridized carbons (Fsp3) is 0.381. The summed E-state index contributed by atoms with van der Waals surface area (Å²) in [5.41, 5.74) is 0.913. The van der Waals surface area contributed by atoms with Crippen LogP contribution in [0.1, 0.15) is 37.3 Å². The van der Waals surface area contributed by atoms with E-state index in [0.717, 1.165) is 15.8 Å². The van der Waals surface area contributed by atoms with Crippen LogP contribution >= 0.6 is 11.6 Å². The van der Waals surface area contributed by atoms with Crippen molar-refractivity contribution in [3.8, 4) is 0 Å². The van der Waals surface area contributed by atoms with Crippen LogP contribution < -0.4 is 16.6 Å². The van der Waals surface area contributed by atoms with E-state index in [9.17, 15) is 14.4 Å². The minimum Gasteiger partial charge on any atom is -0.344 e. The number of aromatic nitrogens is 2. The Hall–Kier alpha value is -2.60. The highest BCUT2D eigenvalue weighted by molar-refractivity contribution is 6.30. The topological polar surface area (TPSA) is 73.1 Å². The first kappa shape index (κ1) is 18.7. The SMILES string of the molecule is Cn1c2c(c(=O)n(C)c1=O)[C@H](c1ccc(Cl)cc1)[C@H]1C(=O)CC(C)(C)C=C1N2. The second kappa shape index (κ2) is 6.21. The number of nitrogens with one attached hydrogen (secondary N) is 1. The molecule has 6 nitrogen and oxygen atoms in total. The summed E-state index contributed by atoms with van der Waals surface area (Å²) in [6.07, 6.45) is 2.45. The monoisotopic (exact) mass is 399 g/mol. The largest absolute Gasteiger partial charge is 0.344 e. The van der Waals surface area contributed by atoms with Crippen molar-refractivity contribution >= 4 is 23.2 Å². The molecule has 146 valence electrons. The molecule has 28 heavy (non-hydrogen) atoms. The summed E-state index contributed by atoms with van der Waals surface area (Å²) in [6, 6.07) is 7.20. The third-order valence-corrected chi connectivity index (χ3v) is 5.95. The van der Waals surface area contributed by atoms with Crippen LogP contribution in [0.3, 0.4) is 0 Å². The van der Waals surface area contributed by atoms with Crippen molar-refractivity contribution in [3.05, 3.63) is 73.0 Å². The van der Waals surface area contributed by atoms with Gasteiger partial charge in [0.05, 0.1) is 11.5 Å². The molecule has 7 heteroatoms. The van der Waals surface area contributed by atoms with E-state index in [1.165, 1.54) is 11.6 Å². The molecule has 4 rings (SSSR count). The Morgan fingerprint density at radius 2 is 1.68 bits per heavy atom. The van der Waals surface area contributed by atoms with Crippen molar-refractivity contribution in [2.75, 3.05) is 5.32 Å². The average Bonchev–Trinajstić information content (AvgIpc) is 2.63. The molecule has 1 aromatic heterocycles. The molecule has 0 amide bonds. The average molecular weight is 400 g/mol. The molecule has 0 saturated carbocycles. The van der Waals surface area contributed by atoms with E-state index < -0.39 is 17.5 Å². The van der Waals surface area contributed by atoms with Gasteiger partial charge in [-0.25, -0.2) is 4.79 Å². The summed E-state index contributed by atoms with van der Waals surface area (Å²) in [7, 11) is 3.09. The second-order valence-corrected chi connectivity index (χ2v) is 8.77. The highest BCUT2D eigenvalue weighted by Gasteiger charge is 2.45.